The molecule has 6 nitrogen and oxygen atoms in total. The Kier molecular flexibility index (Phi) is 11.0. The Labute approximate surface area is 158 Å². The molecule has 1 aromatic rings. The van der Waals surface area contributed by atoms with Crippen LogP contribution in [0.5, 0.6) is 0 Å². The first-order valence-corrected chi connectivity index (χ1v) is 11.0. The minimum absolute atomic E-state index is 0.100. The third kappa shape index (κ3) is 9.77. The lowest BCUT2D eigenvalue weighted by molar-refractivity contribution is 0.108. The molecular formula is C19H33N3O3S. The minimum atomic E-state index is -3.23. The number of guanidine groups is 1. The number of nitrogens with one attached hydrogen (secondary N) is 2. The molecule has 0 saturated carbocycles. The number of hydrogen-bond donors (Lipinski definition) is 2. The Hall–Kier alpha value is -1.60. The molecule has 1 rings (SSSR count). The van der Waals surface area contributed by atoms with E-state index in [0.29, 0.717) is 29.7 Å². The van der Waals surface area contributed by atoms with Crippen molar-refractivity contribution in [1.29, 1.82) is 0 Å². The number of nitrogens with zero attached hydrogens (tertiary/aromatic N) is 1. The van der Waals surface area contributed by atoms with Gasteiger partial charge in [0.15, 0.2) is 15.8 Å². The molecule has 0 saturated heterocycles. The summed E-state index contributed by atoms with van der Waals surface area (Å²) < 4.78 is 30.0. The van der Waals surface area contributed by atoms with E-state index < -0.39 is 9.84 Å². The summed E-state index contributed by atoms with van der Waals surface area (Å²) in [5.41, 5.74) is 0. The van der Waals surface area contributed by atoms with Gasteiger partial charge in [-0.2, -0.15) is 0 Å². The van der Waals surface area contributed by atoms with Gasteiger partial charge in [-0.3, -0.25) is 4.99 Å². The highest BCUT2D eigenvalue weighted by Gasteiger charge is 2.12. The van der Waals surface area contributed by atoms with E-state index in [0.717, 1.165) is 32.7 Å². The minimum Gasteiger partial charge on any atom is -0.381 e. The predicted molar refractivity (Wildman–Crippen MR) is 107 cm³/mol. The van der Waals surface area contributed by atoms with Crippen molar-refractivity contribution in [3.05, 3.63) is 30.3 Å². The largest absolute Gasteiger partial charge is 0.381 e. The van der Waals surface area contributed by atoms with Crippen LogP contribution in [0.1, 0.15) is 33.6 Å². The van der Waals surface area contributed by atoms with E-state index in [9.17, 15) is 8.42 Å². The molecule has 0 aliphatic heterocycles. The van der Waals surface area contributed by atoms with Crippen LogP contribution in [0.15, 0.2) is 40.2 Å². The maximum Gasteiger partial charge on any atom is 0.191 e. The van der Waals surface area contributed by atoms with E-state index >= 15 is 0 Å². The van der Waals surface area contributed by atoms with Gasteiger partial charge in [-0.05, 0) is 37.8 Å². The highest BCUT2D eigenvalue weighted by molar-refractivity contribution is 7.91. The van der Waals surface area contributed by atoms with E-state index in [1.807, 2.05) is 13.0 Å². The Morgan fingerprint density at radius 1 is 1.15 bits per heavy atom. The summed E-state index contributed by atoms with van der Waals surface area (Å²) >= 11 is 0. The molecule has 0 atom stereocenters. The highest BCUT2D eigenvalue weighted by atomic mass is 32.2. The van der Waals surface area contributed by atoms with Gasteiger partial charge in [0, 0.05) is 32.8 Å². The van der Waals surface area contributed by atoms with Crippen molar-refractivity contribution in [3.63, 3.8) is 0 Å². The number of rotatable bonds is 12. The van der Waals surface area contributed by atoms with E-state index in [2.05, 4.69) is 29.5 Å². The first kappa shape index (κ1) is 22.4. The topological polar surface area (TPSA) is 79.8 Å². The summed E-state index contributed by atoms with van der Waals surface area (Å²) in [6, 6.07) is 8.55. The van der Waals surface area contributed by atoms with Crippen molar-refractivity contribution in [3.8, 4) is 0 Å². The number of sulfone groups is 1. The lowest BCUT2D eigenvalue weighted by atomic mass is 10.2. The molecule has 0 bridgehead atoms. The lowest BCUT2D eigenvalue weighted by Crippen LogP contribution is -2.38. The van der Waals surface area contributed by atoms with Gasteiger partial charge in [-0.1, -0.05) is 32.0 Å². The van der Waals surface area contributed by atoms with Crippen LogP contribution in [0.25, 0.3) is 0 Å². The fraction of sp³-hybridized carbons (Fsp3) is 0.632. The van der Waals surface area contributed by atoms with Crippen LogP contribution in [0.2, 0.25) is 0 Å². The number of ether oxygens (including phenoxy) is 1. The fourth-order valence-electron chi connectivity index (χ4n) is 2.23. The van der Waals surface area contributed by atoms with E-state index in [4.69, 9.17) is 4.74 Å². The zero-order chi connectivity index (χ0) is 19.3. The predicted octanol–water partition coefficient (Wildman–Crippen LogP) is 2.47. The van der Waals surface area contributed by atoms with E-state index in [1.54, 1.807) is 24.3 Å². The van der Waals surface area contributed by atoms with Crippen LogP contribution >= 0.6 is 0 Å². The van der Waals surface area contributed by atoms with Crippen molar-refractivity contribution in [2.24, 2.45) is 10.9 Å². The molecule has 26 heavy (non-hydrogen) atoms. The van der Waals surface area contributed by atoms with Gasteiger partial charge in [-0.15, -0.1) is 0 Å². The number of benzene rings is 1. The number of hydrogen-bond acceptors (Lipinski definition) is 4. The van der Waals surface area contributed by atoms with Crippen LogP contribution in [0, 0.1) is 5.92 Å². The summed E-state index contributed by atoms with van der Waals surface area (Å²) in [7, 11) is -3.23. The SMILES string of the molecule is CCNC(=NCCCS(=O)(=O)c1ccccc1)NCCCOCC(C)C. The quantitative estimate of drug-likeness (QED) is 0.329. The molecule has 0 amide bonds. The van der Waals surface area contributed by atoms with Gasteiger partial charge in [-0.25, -0.2) is 8.42 Å². The second-order valence-electron chi connectivity index (χ2n) is 6.50. The molecule has 0 aliphatic carbocycles. The van der Waals surface area contributed by atoms with E-state index in [-0.39, 0.29) is 5.75 Å². The Morgan fingerprint density at radius 2 is 1.88 bits per heavy atom. The monoisotopic (exact) mass is 383 g/mol. The average Bonchev–Trinajstić information content (AvgIpc) is 2.62. The Morgan fingerprint density at radius 3 is 2.54 bits per heavy atom. The molecule has 0 fully saturated rings. The van der Waals surface area contributed by atoms with Gasteiger partial charge in [0.25, 0.3) is 0 Å². The zero-order valence-corrected chi connectivity index (χ0v) is 17.0. The van der Waals surface area contributed by atoms with Crippen LogP contribution in [0.3, 0.4) is 0 Å². The molecule has 0 heterocycles. The second kappa shape index (κ2) is 12.7. The van der Waals surface area contributed by atoms with Gasteiger partial charge in [0.2, 0.25) is 0 Å². The molecule has 0 aliphatic rings. The van der Waals surface area contributed by atoms with Crippen molar-refractivity contribution >= 4 is 15.8 Å². The Bertz CT molecular complexity index is 616. The number of aliphatic imine (C=N–C) groups is 1. The standard InChI is InChI=1S/C19H33N3O3S/c1-4-20-19(21-12-8-14-25-16-17(2)3)22-13-9-15-26(23,24)18-10-6-5-7-11-18/h5-7,10-11,17H,4,8-9,12-16H2,1-3H3,(H2,20,21,22). The molecule has 7 heteroatoms. The van der Waals surface area contributed by atoms with Crippen molar-refractivity contribution in [2.75, 3.05) is 38.6 Å². The summed E-state index contributed by atoms with van der Waals surface area (Å²) in [4.78, 5) is 4.82. The maximum absolute atomic E-state index is 12.2. The zero-order valence-electron chi connectivity index (χ0n) is 16.2. The first-order chi connectivity index (χ1) is 12.5. The average molecular weight is 384 g/mol. The molecule has 1 aromatic carbocycles. The summed E-state index contributed by atoms with van der Waals surface area (Å²) in [6.45, 7) is 9.76. The highest BCUT2D eigenvalue weighted by Crippen LogP contribution is 2.10. The molecule has 0 unspecified atom stereocenters. The van der Waals surface area contributed by atoms with E-state index in [1.165, 1.54) is 0 Å². The molecule has 148 valence electrons. The smallest absolute Gasteiger partial charge is 0.191 e. The third-order valence-corrected chi connectivity index (χ3v) is 5.31. The third-order valence-electron chi connectivity index (χ3n) is 3.50. The van der Waals surface area contributed by atoms with Gasteiger partial charge >= 0.3 is 0 Å². The van der Waals surface area contributed by atoms with Gasteiger partial charge < -0.3 is 15.4 Å². The molecule has 0 spiro atoms. The van der Waals surface area contributed by atoms with Gasteiger partial charge in [0.1, 0.15) is 0 Å². The van der Waals surface area contributed by atoms with Crippen LogP contribution in [-0.4, -0.2) is 53.0 Å². The second-order valence-corrected chi connectivity index (χ2v) is 8.60. The summed E-state index contributed by atoms with van der Waals surface area (Å²) in [5, 5.41) is 6.42. The summed E-state index contributed by atoms with van der Waals surface area (Å²) in [6.07, 6.45) is 1.39. The summed E-state index contributed by atoms with van der Waals surface area (Å²) in [5.74, 6) is 1.37. The molecular weight excluding hydrogens is 350 g/mol. The molecule has 0 aromatic heterocycles. The van der Waals surface area contributed by atoms with Crippen molar-refractivity contribution in [1.82, 2.24) is 10.6 Å². The Balaban J connectivity index is 2.32. The normalized spacial score (nSPS) is 12.4. The van der Waals surface area contributed by atoms with Crippen LogP contribution in [0.4, 0.5) is 0 Å². The fourth-order valence-corrected chi connectivity index (χ4v) is 3.55. The van der Waals surface area contributed by atoms with Gasteiger partial charge in [0.05, 0.1) is 10.6 Å². The first-order valence-electron chi connectivity index (χ1n) is 9.33. The van der Waals surface area contributed by atoms with Crippen molar-refractivity contribution < 1.29 is 13.2 Å². The van der Waals surface area contributed by atoms with Crippen molar-refractivity contribution in [2.45, 2.75) is 38.5 Å². The molecule has 2 N–H and O–H groups in total. The maximum atomic E-state index is 12.2. The van der Waals surface area contributed by atoms with Crippen LogP contribution < -0.4 is 10.6 Å². The van der Waals surface area contributed by atoms with Crippen LogP contribution in [-0.2, 0) is 14.6 Å². The lowest BCUT2D eigenvalue weighted by Gasteiger charge is -2.12. The molecule has 0 radical (unpaired) electrons.